The van der Waals surface area contributed by atoms with Crippen LogP contribution in [0.2, 0.25) is 0 Å². The first-order chi connectivity index (χ1) is 11.2. The van der Waals surface area contributed by atoms with Gasteiger partial charge in [0.05, 0.1) is 12.7 Å². The molecule has 0 radical (unpaired) electrons. The first kappa shape index (κ1) is 16.0. The predicted octanol–water partition coefficient (Wildman–Crippen LogP) is 6.08. The molecule has 3 aromatic carbocycles. The van der Waals surface area contributed by atoms with Gasteiger partial charge in [-0.3, -0.25) is 4.74 Å². The molecule has 0 aliphatic carbocycles. The van der Waals surface area contributed by atoms with E-state index in [1.165, 1.54) is 10.6 Å². The molecular formula is C20H17BrNP. The Hall–Kier alpha value is -1.89. The summed E-state index contributed by atoms with van der Waals surface area (Å²) in [4.78, 5) is 0. The van der Waals surface area contributed by atoms with Crippen molar-refractivity contribution in [1.82, 2.24) is 0 Å². The maximum atomic E-state index is 5.16. The highest BCUT2D eigenvalue weighted by Gasteiger charge is 2.21. The van der Waals surface area contributed by atoms with Gasteiger partial charge in [-0.2, -0.15) is 0 Å². The van der Waals surface area contributed by atoms with E-state index < -0.39 is 7.05 Å². The summed E-state index contributed by atoms with van der Waals surface area (Å²) < 4.78 is 6.22. The molecule has 0 saturated heterocycles. The van der Waals surface area contributed by atoms with E-state index in [0.717, 1.165) is 10.2 Å². The molecule has 0 amide bonds. The van der Waals surface area contributed by atoms with E-state index in [-0.39, 0.29) is 0 Å². The van der Waals surface area contributed by atoms with Gasteiger partial charge in [-0.05, 0) is 30.1 Å². The Kier molecular flexibility index (Phi) is 4.95. The maximum absolute atomic E-state index is 5.16. The van der Waals surface area contributed by atoms with Crippen molar-refractivity contribution in [3.05, 3.63) is 102 Å². The van der Waals surface area contributed by atoms with Crippen LogP contribution in [0.15, 0.2) is 107 Å². The lowest BCUT2D eigenvalue weighted by atomic mass is 10.3. The minimum Gasteiger partial charge on any atom is -0.254 e. The van der Waals surface area contributed by atoms with E-state index in [0.29, 0.717) is 0 Å². The zero-order valence-electron chi connectivity index (χ0n) is 12.6. The largest absolute Gasteiger partial charge is 0.254 e. The van der Waals surface area contributed by atoms with Crippen molar-refractivity contribution in [3.63, 3.8) is 0 Å². The summed E-state index contributed by atoms with van der Waals surface area (Å²) in [6, 6.07) is 29.0. The third kappa shape index (κ3) is 3.39. The van der Waals surface area contributed by atoms with Crippen LogP contribution in [0.1, 0.15) is 0 Å². The van der Waals surface area contributed by atoms with Crippen molar-refractivity contribution in [2.24, 2.45) is 4.74 Å². The Labute approximate surface area is 145 Å². The Balaban J connectivity index is 2.29. The average molecular weight is 382 g/mol. The summed E-state index contributed by atoms with van der Waals surface area (Å²) in [6.45, 7) is 4.15. The van der Waals surface area contributed by atoms with Gasteiger partial charge in [0.25, 0.3) is 0 Å². The van der Waals surface area contributed by atoms with Gasteiger partial charge in [0, 0.05) is 15.1 Å². The molecular weight excluding hydrogens is 365 g/mol. The third-order valence-electron chi connectivity index (χ3n) is 3.66. The summed E-state index contributed by atoms with van der Waals surface area (Å²) in [5.74, 6) is 2.03. The third-order valence-corrected chi connectivity index (χ3v) is 7.44. The topological polar surface area (TPSA) is 12.4 Å². The smallest absolute Gasteiger partial charge is 0.0625 e. The molecule has 23 heavy (non-hydrogen) atoms. The minimum absolute atomic E-state index is 0.967. The monoisotopic (exact) mass is 381 g/mol. The molecule has 0 saturated carbocycles. The number of nitrogens with zero attached hydrogens (tertiary/aromatic N) is 1. The fraction of sp³-hybridized carbons (Fsp3) is 0. The van der Waals surface area contributed by atoms with Gasteiger partial charge in [0.15, 0.2) is 0 Å². The average Bonchev–Trinajstić information content (AvgIpc) is 2.63. The van der Waals surface area contributed by atoms with Crippen LogP contribution in [0, 0.1) is 0 Å². The van der Waals surface area contributed by atoms with Crippen LogP contribution >= 0.6 is 23.0 Å². The number of rotatable bonds is 4. The molecule has 0 unspecified atom stereocenters. The van der Waals surface area contributed by atoms with Gasteiger partial charge in [-0.15, -0.1) is 0 Å². The Morgan fingerprint density at radius 2 is 1.22 bits per heavy atom. The van der Waals surface area contributed by atoms with E-state index in [9.17, 15) is 0 Å². The van der Waals surface area contributed by atoms with Crippen molar-refractivity contribution < 1.29 is 0 Å². The molecule has 0 aromatic heterocycles. The Morgan fingerprint density at radius 3 is 1.65 bits per heavy atom. The normalized spacial score (nSPS) is 11.0. The van der Waals surface area contributed by atoms with E-state index in [4.69, 9.17) is 4.74 Å². The molecule has 0 atom stereocenters. The van der Waals surface area contributed by atoms with E-state index >= 15 is 0 Å². The zero-order chi connectivity index (χ0) is 16.1. The SMILES string of the molecule is C=CP(=Nc1ccc(Br)cc1)(c1ccccc1)c1ccccc1. The highest BCUT2D eigenvalue weighted by atomic mass is 79.9. The molecule has 3 aromatic rings. The summed E-state index contributed by atoms with van der Waals surface area (Å²) in [6.07, 6.45) is 0. The molecule has 0 heterocycles. The van der Waals surface area contributed by atoms with Crippen LogP contribution in [-0.2, 0) is 0 Å². The molecule has 0 aliphatic heterocycles. The number of benzene rings is 3. The molecule has 1 nitrogen and oxygen atoms in total. The molecule has 3 heteroatoms. The van der Waals surface area contributed by atoms with Crippen molar-refractivity contribution in [2.75, 3.05) is 0 Å². The standard InChI is InChI=1S/C20H17BrNP/c1-2-23(19-9-5-3-6-10-19,20-11-7-4-8-12-20)22-18-15-13-17(21)14-16-18/h2-16H,1H2. The van der Waals surface area contributed by atoms with Crippen molar-refractivity contribution >= 4 is 39.3 Å². The predicted molar refractivity (Wildman–Crippen MR) is 105 cm³/mol. The Morgan fingerprint density at radius 1 is 0.739 bits per heavy atom. The summed E-state index contributed by atoms with van der Waals surface area (Å²) >= 11 is 3.48. The lowest BCUT2D eigenvalue weighted by Gasteiger charge is -2.22. The van der Waals surface area contributed by atoms with Gasteiger partial charge in [-0.1, -0.05) is 83.2 Å². The second kappa shape index (κ2) is 7.12. The van der Waals surface area contributed by atoms with E-state index in [1.54, 1.807) is 0 Å². The lowest BCUT2D eigenvalue weighted by molar-refractivity contribution is 1.53. The lowest BCUT2D eigenvalue weighted by Crippen LogP contribution is -2.14. The molecule has 114 valence electrons. The zero-order valence-corrected chi connectivity index (χ0v) is 15.1. The molecule has 0 bridgehead atoms. The van der Waals surface area contributed by atoms with Gasteiger partial charge < -0.3 is 0 Å². The fourth-order valence-corrected chi connectivity index (χ4v) is 5.56. The second-order valence-electron chi connectivity index (χ2n) is 5.12. The molecule has 3 rings (SSSR count). The Bertz CT molecular complexity index is 796. The highest BCUT2D eigenvalue weighted by Crippen LogP contribution is 2.51. The van der Waals surface area contributed by atoms with Crippen LogP contribution in [0.25, 0.3) is 0 Å². The molecule has 0 fully saturated rings. The minimum atomic E-state index is -2.05. The summed E-state index contributed by atoms with van der Waals surface area (Å²) in [5.41, 5.74) is 0.967. The highest BCUT2D eigenvalue weighted by molar-refractivity contribution is 9.10. The van der Waals surface area contributed by atoms with Crippen LogP contribution in [0.4, 0.5) is 5.69 Å². The van der Waals surface area contributed by atoms with Crippen molar-refractivity contribution in [3.8, 4) is 0 Å². The fourth-order valence-electron chi connectivity index (χ4n) is 2.52. The number of halogens is 1. The quantitative estimate of drug-likeness (QED) is 0.485. The number of hydrogen-bond acceptors (Lipinski definition) is 1. The first-order valence-electron chi connectivity index (χ1n) is 7.37. The maximum Gasteiger partial charge on any atom is 0.0625 e. The van der Waals surface area contributed by atoms with Crippen LogP contribution in [0.5, 0.6) is 0 Å². The first-order valence-corrected chi connectivity index (χ1v) is 9.97. The summed E-state index contributed by atoms with van der Waals surface area (Å²) in [5, 5.41) is 2.42. The second-order valence-corrected chi connectivity index (χ2v) is 9.00. The van der Waals surface area contributed by atoms with Gasteiger partial charge >= 0.3 is 0 Å². The molecule has 0 spiro atoms. The van der Waals surface area contributed by atoms with Crippen LogP contribution in [-0.4, -0.2) is 0 Å². The van der Waals surface area contributed by atoms with Gasteiger partial charge in [0.1, 0.15) is 0 Å². The van der Waals surface area contributed by atoms with Gasteiger partial charge in [0.2, 0.25) is 0 Å². The van der Waals surface area contributed by atoms with E-state index in [2.05, 4.69) is 71.0 Å². The van der Waals surface area contributed by atoms with Crippen LogP contribution in [0.3, 0.4) is 0 Å². The van der Waals surface area contributed by atoms with Gasteiger partial charge in [-0.25, -0.2) is 0 Å². The number of hydrogen-bond donors (Lipinski definition) is 0. The van der Waals surface area contributed by atoms with Crippen LogP contribution < -0.4 is 10.6 Å². The molecule has 0 N–H and O–H groups in total. The summed E-state index contributed by atoms with van der Waals surface area (Å²) in [7, 11) is -2.05. The van der Waals surface area contributed by atoms with Crippen molar-refractivity contribution in [2.45, 2.75) is 0 Å². The van der Waals surface area contributed by atoms with E-state index in [1.807, 2.05) is 42.2 Å². The molecule has 0 aliphatic rings. The van der Waals surface area contributed by atoms with Crippen molar-refractivity contribution in [1.29, 1.82) is 0 Å².